The summed E-state index contributed by atoms with van der Waals surface area (Å²) in [6.45, 7) is 0.895. The van der Waals surface area contributed by atoms with E-state index in [1.165, 1.54) is 0 Å². The quantitative estimate of drug-likeness (QED) is 0.692. The Kier molecular flexibility index (Phi) is 3.90. The molecule has 0 saturated heterocycles. The molecule has 0 aromatic heterocycles. The third-order valence-corrected chi connectivity index (χ3v) is 3.94. The van der Waals surface area contributed by atoms with Crippen LogP contribution in [0.25, 0.3) is 0 Å². The molecule has 1 heterocycles. The van der Waals surface area contributed by atoms with E-state index in [1.807, 2.05) is 0 Å². The number of nitrogens with one attached hydrogen (secondary N) is 2. The molecule has 1 atom stereocenters. The lowest BCUT2D eigenvalue weighted by molar-refractivity contribution is -0.126. The third kappa shape index (κ3) is 3.06. The van der Waals surface area contributed by atoms with Gasteiger partial charge in [0.05, 0.1) is 6.54 Å². The van der Waals surface area contributed by atoms with Gasteiger partial charge in [-0.1, -0.05) is 12.5 Å². The van der Waals surface area contributed by atoms with Gasteiger partial charge in [-0.15, -0.1) is 0 Å². The Labute approximate surface area is 122 Å². The minimum Gasteiger partial charge on any atom is -0.463 e. The lowest BCUT2D eigenvalue weighted by atomic mass is 9.85. The summed E-state index contributed by atoms with van der Waals surface area (Å²) in [4.78, 5) is 23.9. The lowest BCUT2D eigenvalue weighted by Gasteiger charge is -2.23. The standard InChI is InChI=1S/C15H18N2O4/c18-13-8-16-7-11-5-4-10(6-12(11)21-13)15(20)17-14(19)9-2-1-3-9/h4-6,9,13,16,18H,1-3,7-8H2,(H,17,19,20). The average Bonchev–Trinajstić information content (AvgIpc) is 2.56. The molecule has 1 unspecified atom stereocenters. The van der Waals surface area contributed by atoms with Crippen molar-refractivity contribution >= 4 is 11.8 Å². The fraction of sp³-hybridized carbons (Fsp3) is 0.467. The first-order valence-corrected chi connectivity index (χ1v) is 7.17. The SMILES string of the molecule is O=C(NC(=O)C1CCC1)c1ccc2c(c1)OC(O)CNC2. The van der Waals surface area contributed by atoms with Gasteiger partial charge in [0.1, 0.15) is 5.75 Å². The minimum absolute atomic E-state index is 0.0305. The van der Waals surface area contributed by atoms with Crippen LogP contribution >= 0.6 is 0 Å². The second kappa shape index (κ2) is 5.83. The number of aliphatic hydroxyl groups excluding tert-OH is 1. The third-order valence-electron chi connectivity index (χ3n) is 3.94. The van der Waals surface area contributed by atoms with Gasteiger partial charge < -0.3 is 15.2 Å². The topological polar surface area (TPSA) is 87.7 Å². The van der Waals surface area contributed by atoms with Crippen LogP contribution < -0.4 is 15.4 Å². The Morgan fingerprint density at radius 1 is 1.33 bits per heavy atom. The molecule has 21 heavy (non-hydrogen) atoms. The van der Waals surface area contributed by atoms with Crippen molar-refractivity contribution in [3.8, 4) is 5.75 Å². The number of benzene rings is 1. The van der Waals surface area contributed by atoms with Gasteiger partial charge in [0.15, 0.2) is 0 Å². The normalized spacial score (nSPS) is 21.5. The molecule has 0 radical (unpaired) electrons. The molecule has 1 aromatic carbocycles. The van der Waals surface area contributed by atoms with Crippen LogP contribution in [0.15, 0.2) is 18.2 Å². The fourth-order valence-corrected chi connectivity index (χ4v) is 2.43. The van der Waals surface area contributed by atoms with E-state index in [1.54, 1.807) is 18.2 Å². The molecule has 0 bridgehead atoms. The van der Waals surface area contributed by atoms with E-state index < -0.39 is 12.2 Å². The molecule has 112 valence electrons. The molecule has 2 amide bonds. The number of ether oxygens (including phenoxy) is 1. The van der Waals surface area contributed by atoms with Gasteiger partial charge >= 0.3 is 0 Å². The summed E-state index contributed by atoms with van der Waals surface area (Å²) in [5.74, 6) is -0.192. The van der Waals surface area contributed by atoms with E-state index in [9.17, 15) is 14.7 Å². The van der Waals surface area contributed by atoms with Crippen LogP contribution in [-0.4, -0.2) is 29.8 Å². The smallest absolute Gasteiger partial charge is 0.257 e. The van der Waals surface area contributed by atoms with E-state index in [2.05, 4.69) is 10.6 Å². The fourth-order valence-electron chi connectivity index (χ4n) is 2.43. The van der Waals surface area contributed by atoms with Crippen molar-refractivity contribution in [1.29, 1.82) is 0 Å². The zero-order valence-corrected chi connectivity index (χ0v) is 11.6. The zero-order valence-electron chi connectivity index (χ0n) is 11.6. The maximum absolute atomic E-state index is 12.1. The molecular formula is C15H18N2O4. The summed E-state index contributed by atoms with van der Waals surface area (Å²) in [6, 6.07) is 4.99. The number of β-amino-alcohol motifs (C(OH)–C–C–N with tert-alkyl or cyclic N) is 1. The molecule has 1 aliphatic heterocycles. The highest BCUT2D eigenvalue weighted by Gasteiger charge is 2.27. The van der Waals surface area contributed by atoms with E-state index in [0.29, 0.717) is 24.4 Å². The van der Waals surface area contributed by atoms with E-state index >= 15 is 0 Å². The van der Waals surface area contributed by atoms with E-state index in [4.69, 9.17) is 4.74 Å². The van der Waals surface area contributed by atoms with Crippen molar-refractivity contribution < 1.29 is 19.4 Å². The summed E-state index contributed by atoms with van der Waals surface area (Å²) in [7, 11) is 0. The highest BCUT2D eigenvalue weighted by Crippen LogP contribution is 2.27. The number of hydrogen-bond acceptors (Lipinski definition) is 5. The maximum Gasteiger partial charge on any atom is 0.257 e. The van der Waals surface area contributed by atoms with Crippen molar-refractivity contribution in [2.24, 2.45) is 5.92 Å². The second-order valence-electron chi connectivity index (χ2n) is 5.47. The first kappa shape index (κ1) is 14.0. The molecule has 2 aliphatic rings. The van der Waals surface area contributed by atoms with Gasteiger partial charge in [0.2, 0.25) is 12.2 Å². The molecule has 1 aliphatic carbocycles. The molecule has 1 fully saturated rings. The largest absolute Gasteiger partial charge is 0.463 e. The van der Waals surface area contributed by atoms with E-state index in [0.717, 1.165) is 24.8 Å². The molecule has 1 aromatic rings. The first-order valence-electron chi connectivity index (χ1n) is 7.17. The molecular weight excluding hydrogens is 272 g/mol. The number of carbonyl (C=O) groups excluding carboxylic acids is 2. The average molecular weight is 290 g/mol. The van der Waals surface area contributed by atoms with Crippen molar-refractivity contribution in [2.45, 2.75) is 32.1 Å². The Hall–Kier alpha value is -1.92. The summed E-state index contributed by atoms with van der Waals surface area (Å²) < 4.78 is 5.36. The molecule has 6 nitrogen and oxygen atoms in total. The van der Waals surface area contributed by atoms with Crippen molar-refractivity contribution in [3.05, 3.63) is 29.3 Å². The van der Waals surface area contributed by atoms with Crippen LogP contribution in [0.3, 0.4) is 0 Å². The Morgan fingerprint density at radius 2 is 2.14 bits per heavy atom. The van der Waals surface area contributed by atoms with Gasteiger partial charge in [0, 0.05) is 23.6 Å². The van der Waals surface area contributed by atoms with Crippen LogP contribution in [0.5, 0.6) is 5.75 Å². The van der Waals surface area contributed by atoms with Crippen LogP contribution in [0.2, 0.25) is 0 Å². The number of carbonyl (C=O) groups is 2. The molecule has 3 N–H and O–H groups in total. The predicted molar refractivity (Wildman–Crippen MR) is 74.6 cm³/mol. The highest BCUT2D eigenvalue weighted by atomic mass is 16.6. The van der Waals surface area contributed by atoms with Gasteiger partial charge in [-0.3, -0.25) is 14.9 Å². The molecule has 6 heteroatoms. The van der Waals surface area contributed by atoms with Crippen molar-refractivity contribution in [3.63, 3.8) is 0 Å². The van der Waals surface area contributed by atoms with Gasteiger partial charge in [0.25, 0.3) is 5.91 Å². The van der Waals surface area contributed by atoms with Crippen molar-refractivity contribution in [2.75, 3.05) is 6.54 Å². The second-order valence-corrected chi connectivity index (χ2v) is 5.47. The Bertz CT molecular complexity index is 569. The van der Waals surface area contributed by atoms with Gasteiger partial charge in [-0.2, -0.15) is 0 Å². The van der Waals surface area contributed by atoms with Gasteiger partial charge in [-0.25, -0.2) is 0 Å². The molecule has 1 saturated carbocycles. The maximum atomic E-state index is 12.1. The number of rotatable bonds is 2. The summed E-state index contributed by atoms with van der Waals surface area (Å²) in [5.41, 5.74) is 1.23. The molecule has 3 rings (SSSR count). The van der Waals surface area contributed by atoms with Gasteiger partial charge in [-0.05, 0) is 25.0 Å². The summed E-state index contributed by atoms with van der Waals surface area (Å²) in [6.07, 6.45) is 1.81. The monoisotopic (exact) mass is 290 g/mol. The van der Waals surface area contributed by atoms with Crippen molar-refractivity contribution in [1.82, 2.24) is 10.6 Å². The molecule has 0 spiro atoms. The number of imide groups is 1. The minimum atomic E-state index is -0.943. The predicted octanol–water partition coefficient (Wildman–Crippen LogP) is 0.543. The van der Waals surface area contributed by atoms with Crippen LogP contribution in [0.1, 0.15) is 35.2 Å². The number of aliphatic hydroxyl groups is 1. The number of fused-ring (bicyclic) bond motifs is 1. The number of amides is 2. The first-order chi connectivity index (χ1) is 10.1. The number of hydrogen-bond donors (Lipinski definition) is 3. The summed E-state index contributed by atoms with van der Waals surface area (Å²) in [5, 5.41) is 15.0. The van der Waals surface area contributed by atoms with E-state index in [-0.39, 0.29) is 11.8 Å². The highest BCUT2D eigenvalue weighted by molar-refractivity contribution is 6.05. The van der Waals surface area contributed by atoms with Crippen LogP contribution in [0.4, 0.5) is 0 Å². The Morgan fingerprint density at radius 3 is 2.86 bits per heavy atom. The van der Waals surface area contributed by atoms with Crippen LogP contribution in [-0.2, 0) is 11.3 Å². The lowest BCUT2D eigenvalue weighted by Crippen LogP contribution is -2.38. The van der Waals surface area contributed by atoms with Crippen LogP contribution in [0, 0.1) is 5.92 Å². The zero-order chi connectivity index (χ0) is 14.8. The summed E-state index contributed by atoms with van der Waals surface area (Å²) >= 11 is 0. The Balaban J connectivity index is 1.73.